The van der Waals surface area contributed by atoms with Gasteiger partial charge in [0.2, 0.25) is 0 Å². The number of hydrogen-bond donors (Lipinski definition) is 1. The van der Waals surface area contributed by atoms with Gasteiger partial charge >= 0.3 is 0 Å². The normalized spacial score (nSPS) is 21.7. The molecule has 0 bridgehead atoms. The number of nitrogens with zero attached hydrogens (tertiary/aromatic N) is 1. The van der Waals surface area contributed by atoms with Crippen LogP contribution in [0.3, 0.4) is 0 Å². The SMILES string of the molecule is C[C@@H]1CCCCN1CCCNC(=O)COc1ccc(C2SCCS2)cc1. The second-order valence-electron chi connectivity index (χ2n) is 7.02. The molecule has 2 aliphatic rings. The number of nitrogens with one attached hydrogen (secondary N) is 1. The Hall–Kier alpha value is -0.850. The quantitative estimate of drug-likeness (QED) is 0.677. The summed E-state index contributed by atoms with van der Waals surface area (Å²) < 4.78 is 6.16. The molecule has 2 saturated heterocycles. The van der Waals surface area contributed by atoms with Crippen molar-refractivity contribution < 1.29 is 9.53 Å². The number of likely N-dealkylation sites (tertiary alicyclic amines) is 1. The van der Waals surface area contributed by atoms with Gasteiger partial charge < -0.3 is 15.0 Å². The fourth-order valence-corrected chi connectivity index (χ4v) is 6.33. The molecular weight excluding hydrogens is 364 g/mol. The van der Waals surface area contributed by atoms with Crippen LogP contribution in [0.5, 0.6) is 5.75 Å². The first-order valence-corrected chi connectivity index (χ1v) is 11.8. The average Bonchev–Trinajstić information content (AvgIpc) is 3.20. The smallest absolute Gasteiger partial charge is 0.257 e. The van der Waals surface area contributed by atoms with E-state index in [4.69, 9.17) is 4.74 Å². The predicted molar refractivity (Wildman–Crippen MR) is 112 cm³/mol. The number of piperidine rings is 1. The highest BCUT2D eigenvalue weighted by Gasteiger charge is 2.18. The maximum Gasteiger partial charge on any atom is 0.257 e. The molecule has 0 radical (unpaired) electrons. The predicted octanol–water partition coefficient (Wildman–Crippen LogP) is 3.92. The van der Waals surface area contributed by atoms with E-state index < -0.39 is 0 Å². The van der Waals surface area contributed by atoms with Crippen LogP contribution in [0, 0.1) is 0 Å². The van der Waals surface area contributed by atoms with Crippen molar-refractivity contribution in [2.24, 2.45) is 0 Å². The van der Waals surface area contributed by atoms with Crippen LogP contribution >= 0.6 is 23.5 Å². The second-order valence-corrected chi connectivity index (χ2v) is 9.74. The van der Waals surface area contributed by atoms with Crippen LogP contribution in [0.4, 0.5) is 0 Å². The van der Waals surface area contributed by atoms with Gasteiger partial charge in [-0.15, -0.1) is 23.5 Å². The fourth-order valence-electron chi connectivity index (χ4n) is 3.47. The molecule has 2 fully saturated rings. The molecule has 2 heterocycles. The highest BCUT2D eigenvalue weighted by atomic mass is 32.2. The third-order valence-electron chi connectivity index (χ3n) is 5.03. The van der Waals surface area contributed by atoms with E-state index in [0.29, 0.717) is 10.6 Å². The van der Waals surface area contributed by atoms with E-state index in [-0.39, 0.29) is 12.5 Å². The third-order valence-corrected chi connectivity index (χ3v) is 8.13. The van der Waals surface area contributed by atoms with Crippen LogP contribution in [-0.2, 0) is 4.79 Å². The standard InChI is InChI=1S/C20H30N2O2S2/c1-16-5-2-3-11-22(16)12-4-10-21-19(23)15-24-18-8-6-17(7-9-18)20-25-13-14-26-20/h6-9,16,20H,2-5,10-15H2,1H3,(H,21,23)/t16-/m1/s1. The van der Waals surface area contributed by atoms with Crippen LogP contribution in [0.25, 0.3) is 0 Å². The summed E-state index contributed by atoms with van der Waals surface area (Å²) in [6.45, 7) is 5.39. The molecule has 0 unspecified atom stereocenters. The number of ether oxygens (including phenoxy) is 1. The van der Waals surface area contributed by atoms with Gasteiger partial charge in [-0.1, -0.05) is 18.6 Å². The molecule has 144 valence electrons. The van der Waals surface area contributed by atoms with Crippen molar-refractivity contribution in [3.63, 3.8) is 0 Å². The Labute approximate surface area is 165 Å². The number of carbonyl (C=O) groups excluding carboxylic acids is 1. The largest absolute Gasteiger partial charge is 0.484 e. The number of thioether (sulfide) groups is 2. The van der Waals surface area contributed by atoms with Gasteiger partial charge in [0.1, 0.15) is 5.75 Å². The highest BCUT2D eigenvalue weighted by Crippen LogP contribution is 2.45. The van der Waals surface area contributed by atoms with Crippen LogP contribution in [0.15, 0.2) is 24.3 Å². The van der Waals surface area contributed by atoms with Crippen LogP contribution in [0.2, 0.25) is 0 Å². The first-order chi connectivity index (χ1) is 12.7. The topological polar surface area (TPSA) is 41.6 Å². The molecule has 0 spiro atoms. The van der Waals surface area contributed by atoms with Gasteiger partial charge in [0, 0.05) is 30.6 Å². The van der Waals surface area contributed by atoms with Gasteiger partial charge in [0.25, 0.3) is 5.91 Å². The van der Waals surface area contributed by atoms with Gasteiger partial charge in [0.15, 0.2) is 6.61 Å². The van der Waals surface area contributed by atoms with E-state index in [1.807, 2.05) is 35.7 Å². The molecule has 1 aromatic carbocycles. The summed E-state index contributed by atoms with van der Waals surface area (Å²) in [5.41, 5.74) is 1.33. The summed E-state index contributed by atoms with van der Waals surface area (Å²) in [6, 6.07) is 8.86. The molecule has 1 N–H and O–H groups in total. The molecule has 3 rings (SSSR count). The van der Waals surface area contributed by atoms with E-state index >= 15 is 0 Å². The molecule has 0 aliphatic carbocycles. The minimum atomic E-state index is -0.0392. The lowest BCUT2D eigenvalue weighted by Crippen LogP contribution is -2.39. The summed E-state index contributed by atoms with van der Waals surface area (Å²) in [5, 5.41) is 2.97. The molecule has 1 amide bonds. The third kappa shape index (κ3) is 6.10. The lowest BCUT2D eigenvalue weighted by Gasteiger charge is -2.33. The minimum Gasteiger partial charge on any atom is -0.484 e. The Bertz CT molecular complexity index is 561. The van der Waals surface area contributed by atoms with Crippen LogP contribution in [0.1, 0.15) is 42.8 Å². The zero-order valence-electron chi connectivity index (χ0n) is 15.6. The summed E-state index contributed by atoms with van der Waals surface area (Å²) in [5.74, 6) is 3.18. The Kier molecular flexibility index (Phi) is 8.02. The second kappa shape index (κ2) is 10.5. The zero-order valence-corrected chi connectivity index (χ0v) is 17.2. The maximum absolute atomic E-state index is 12.0. The molecular formula is C20H30N2O2S2. The number of amides is 1. The number of benzene rings is 1. The minimum absolute atomic E-state index is 0.0392. The summed E-state index contributed by atoms with van der Waals surface area (Å²) in [7, 11) is 0. The molecule has 1 atom stereocenters. The molecule has 0 aromatic heterocycles. The molecule has 26 heavy (non-hydrogen) atoms. The lowest BCUT2D eigenvalue weighted by molar-refractivity contribution is -0.123. The molecule has 2 aliphatic heterocycles. The van der Waals surface area contributed by atoms with E-state index in [9.17, 15) is 4.79 Å². The molecule has 6 heteroatoms. The van der Waals surface area contributed by atoms with Crippen LogP contribution in [-0.4, -0.2) is 54.6 Å². The Morgan fingerprint density at radius 2 is 2.00 bits per heavy atom. The van der Waals surface area contributed by atoms with Crippen LogP contribution < -0.4 is 10.1 Å². The molecule has 0 saturated carbocycles. The van der Waals surface area contributed by atoms with E-state index in [1.54, 1.807) is 0 Å². The van der Waals surface area contributed by atoms with Crippen molar-refractivity contribution in [2.75, 3.05) is 37.7 Å². The lowest BCUT2D eigenvalue weighted by atomic mass is 10.0. The Morgan fingerprint density at radius 3 is 2.73 bits per heavy atom. The van der Waals surface area contributed by atoms with E-state index in [0.717, 1.165) is 25.3 Å². The molecule has 1 aromatic rings. The van der Waals surface area contributed by atoms with E-state index in [1.165, 1.54) is 42.9 Å². The van der Waals surface area contributed by atoms with Crippen molar-refractivity contribution in [3.8, 4) is 5.75 Å². The fraction of sp³-hybridized carbons (Fsp3) is 0.650. The number of rotatable bonds is 8. The molecule has 4 nitrogen and oxygen atoms in total. The summed E-state index contributed by atoms with van der Waals surface area (Å²) >= 11 is 3.99. The van der Waals surface area contributed by atoms with Gasteiger partial charge in [-0.3, -0.25) is 4.79 Å². The van der Waals surface area contributed by atoms with Gasteiger partial charge in [-0.25, -0.2) is 0 Å². The van der Waals surface area contributed by atoms with Crippen molar-refractivity contribution in [2.45, 2.75) is 43.2 Å². The highest BCUT2D eigenvalue weighted by molar-refractivity contribution is 8.19. The first-order valence-electron chi connectivity index (χ1n) is 9.69. The van der Waals surface area contributed by atoms with E-state index in [2.05, 4.69) is 29.3 Å². The Balaban J connectivity index is 1.30. The van der Waals surface area contributed by atoms with Crippen molar-refractivity contribution in [3.05, 3.63) is 29.8 Å². The Morgan fingerprint density at radius 1 is 1.23 bits per heavy atom. The average molecular weight is 395 g/mol. The zero-order chi connectivity index (χ0) is 18.2. The van der Waals surface area contributed by atoms with Gasteiger partial charge in [-0.2, -0.15) is 0 Å². The maximum atomic E-state index is 12.0. The monoisotopic (exact) mass is 394 g/mol. The number of carbonyl (C=O) groups is 1. The van der Waals surface area contributed by atoms with Crippen molar-refractivity contribution >= 4 is 29.4 Å². The van der Waals surface area contributed by atoms with Crippen molar-refractivity contribution in [1.82, 2.24) is 10.2 Å². The van der Waals surface area contributed by atoms with Gasteiger partial charge in [-0.05, 0) is 50.4 Å². The summed E-state index contributed by atoms with van der Waals surface area (Å²) in [4.78, 5) is 14.5. The summed E-state index contributed by atoms with van der Waals surface area (Å²) in [6.07, 6.45) is 4.96. The van der Waals surface area contributed by atoms with Crippen molar-refractivity contribution in [1.29, 1.82) is 0 Å². The van der Waals surface area contributed by atoms with Gasteiger partial charge in [0.05, 0.1) is 4.58 Å². The number of hydrogen-bond acceptors (Lipinski definition) is 5. The first kappa shape index (κ1) is 19.9.